The SMILES string of the molecule is CCC(O)(CC)CNCc1cnc(C(C)(C)C)s1. The van der Waals surface area contributed by atoms with Gasteiger partial charge in [-0.05, 0) is 12.8 Å². The van der Waals surface area contributed by atoms with Gasteiger partial charge in [-0.15, -0.1) is 11.3 Å². The summed E-state index contributed by atoms with van der Waals surface area (Å²) in [7, 11) is 0. The van der Waals surface area contributed by atoms with Gasteiger partial charge in [0.15, 0.2) is 0 Å². The maximum absolute atomic E-state index is 10.2. The molecule has 0 saturated carbocycles. The minimum Gasteiger partial charge on any atom is -0.389 e. The molecule has 0 unspecified atom stereocenters. The van der Waals surface area contributed by atoms with Crippen molar-refractivity contribution >= 4 is 11.3 Å². The molecule has 18 heavy (non-hydrogen) atoms. The number of hydrogen-bond donors (Lipinski definition) is 2. The molecule has 0 aliphatic carbocycles. The van der Waals surface area contributed by atoms with Gasteiger partial charge in [0.05, 0.1) is 10.6 Å². The van der Waals surface area contributed by atoms with E-state index in [0.29, 0.717) is 6.54 Å². The zero-order chi connectivity index (χ0) is 13.8. The summed E-state index contributed by atoms with van der Waals surface area (Å²) in [6.07, 6.45) is 3.51. The van der Waals surface area contributed by atoms with E-state index in [1.807, 2.05) is 20.0 Å². The Morgan fingerprint density at radius 3 is 2.33 bits per heavy atom. The Morgan fingerprint density at radius 1 is 1.28 bits per heavy atom. The third kappa shape index (κ3) is 4.34. The molecule has 4 heteroatoms. The predicted octanol–water partition coefficient (Wildman–Crippen LogP) is 3.08. The highest BCUT2D eigenvalue weighted by atomic mass is 32.1. The van der Waals surface area contributed by atoms with Gasteiger partial charge in [0.1, 0.15) is 0 Å². The molecular weight excluding hydrogens is 244 g/mol. The molecule has 0 bridgehead atoms. The largest absolute Gasteiger partial charge is 0.389 e. The second kappa shape index (κ2) is 6.13. The summed E-state index contributed by atoms with van der Waals surface area (Å²) in [5.74, 6) is 0. The number of aliphatic hydroxyl groups is 1. The molecule has 0 amide bonds. The summed E-state index contributed by atoms with van der Waals surface area (Å²) < 4.78 is 0. The third-order valence-electron chi connectivity index (χ3n) is 3.26. The number of thiazole rings is 1. The first-order valence-corrected chi connectivity index (χ1v) is 7.50. The maximum atomic E-state index is 10.2. The molecule has 1 rings (SSSR count). The van der Waals surface area contributed by atoms with Gasteiger partial charge in [-0.1, -0.05) is 34.6 Å². The fourth-order valence-corrected chi connectivity index (χ4v) is 2.59. The van der Waals surface area contributed by atoms with E-state index in [-0.39, 0.29) is 5.41 Å². The number of aromatic nitrogens is 1. The van der Waals surface area contributed by atoms with Crippen LogP contribution in [0.5, 0.6) is 0 Å². The summed E-state index contributed by atoms with van der Waals surface area (Å²) in [5.41, 5.74) is -0.450. The van der Waals surface area contributed by atoms with Crippen LogP contribution in [-0.2, 0) is 12.0 Å². The molecule has 0 aromatic carbocycles. The van der Waals surface area contributed by atoms with Crippen LogP contribution in [0.2, 0.25) is 0 Å². The van der Waals surface area contributed by atoms with E-state index in [4.69, 9.17) is 0 Å². The van der Waals surface area contributed by atoms with Gasteiger partial charge in [0.25, 0.3) is 0 Å². The molecule has 0 aliphatic heterocycles. The first-order valence-electron chi connectivity index (χ1n) is 6.69. The summed E-state index contributed by atoms with van der Waals surface area (Å²) in [4.78, 5) is 5.69. The zero-order valence-corrected chi connectivity index (χ0v) is 13.0. The molecule has 1 aromatic rings. The van der Waals surface area contributed by atoms with Gasteiger partial charge in [-0.2, -0.15) is 0 Å². The van der Waals surface area contributed by atoms with Crippen LogP contribution in [0.25, 0.3) is 0 Å². The summed E-state index contributed by atoms with van der Waals surface area (Å²) in [6.45, 7) is 12.0. The van der Waals surface area contributed by atoms with Crippen molar-refractivity contribution in [1.82, 2.24) is 10.3 Å². The van der Waals surface area contributed by atoms with Gasteiger partial charge >= 0.3 is 0 Å². The van der Waals surface area contributed by atoms with Gasteiger partial charge < -0.3 is 10.4 Å². The van der Waals surface area contributed by atoms with Crippen molar-refractivity contribution in [3.63, 3.8) is 0 Å². The summed E-state index contributed by atoms with van der Waals surface area (Å²) in [6, 6.07) is 0. The molecule has 3 nitrogen and oxygen atoms in total. The van der Waals surface area contributed by atoms with Crippen molar-refractivity contribution in [2.75, 3.05) is 6.54 Å². The fourth-order valence-electron chi connectivity index (χ4n) is 1.65. The summed E-state index contributed by atoms with van der Waals surface area (Å²) in [5, 5.41) is 14.7. The standard InChI is InChI=1S/C14H26N2OS/c1-6-14(17,7-2)10-15-8-11-9-16-12(18-11)13(3,4)5/h9,15,17H,6-8,10H2,1-5H3. The lowest BCUT2D eigenvalue weighted by Crippen LogP contribution is -2.39. The maximum Gasteiger partial charge on any atom is 0.0981 e. The van der Waals surface area contributed by atoms with Crippen LogP contribution in [0, 0.1) is 0 Å². The van der Waals surface area contributed by atoms with Crippen LogP contribution in [0.4, 0.5) is 0 Å². The Kier molecular flexibility index (Phi) is 5.32. The van der Waals surface area contributed by atoms with E-state index in [1.54, 1.807) is 11.3 Å². The average Bonchev–Trinajstić information content (AvgIpc) is 2.77. The van der Waals surface area contributed by atoms with Crippen LogP contribution >= 0.6 is 11.3 Å². The van der Waals surface area contributed by atoms with Crippen molar-refractivity contribution in [2.45, 2.75) is 65.0 Å². The lowest BCUT2D eigenvalue weighted by molar-refractivity contribution is 0.0323. The predicted molar refractivity (Wildman–Crippen MR) is 78.1 cm³/mol. The Balaban J connectivity index is 2.48. The van der Waals surface area contributed by atoms with Crippen LogP contribution in [0.15, 0.2) is 6.20 Å². The average molecular weight is 270 g/mol. The molecule has 0 saturated heterocycles. The number of rotatable bonds is 6. The quantitative estimate of drug-likeness (QED) is 0.835. The monoisotopic (exact) mass is 270 g/mol. The van der Waals surface area contributed by atoms with Crippen LogP contribution in [-0.4, -0.2) is 22.2 Å². The Hall–Kier alpha value is -0.450. The van der Waals surface area contributed by atoms with Crippen molar-refractivity contribution in [3.05, 3.63) is 16.1 Å². The minimum absolute atomic E-state index is 0.122. The van der Waals surface area contributed by atoms with Crippen LogP contribution < -0.4 is 5.32 Å². The fraction of sp³-hybridized carbons (Fsp3) is 0.786. The van der Waals surface area contributed by atoms with Crippen molar-refractivity contribution in [3.8, 4) is 0 Å². The van der Waals surface area contributed by atoms with E-state index < -0.39 is 5.60 Å². The van der Waals surface area contributed by atoms with Crippen molar-refractivity contribution in [2.24, 2.45) is 0 Å². The molecular formula is C14H26N2OS. The number of nitrogens with one attached hydrogen (secondary N) is 1. The van der Waals surface area contributed by atoms with E-state index in [0.717, 1.165) is 19.4 Å². The van der Waals surface area contributed by atoms with E-state index in [9.17, 15) is 5.11 Å². The summed E-state index contributed by atoms with van der Waals surface area (Å²) >= 11 is 1.75. The zero-order valence-electron chi connectivity index (χ0n) is 12.2. The smallest absolute Gasteiger partial charge is 0.0981 e. The van der Waals surface area contributed by atoms with Crippen molar-refractivity contribution in [1.29, 1.82) is 0 Å². The van der Waals surface area contributed by atoms with Gasteiger partial charge in [-0.25, -0.2) is 4.98 Å². The first-order chi connectivity index (χ1) is 8.30. The molecule has 104 valence electrons. The molecule has 2 N–H and O–H groups in total. The Bertz CT molecular complexity index is 364. The lowest BCUT2D eigenvalue weighted by Gasteiger charge is -2.25. The highest BCUT2D eigenvalue weighted by molar-refractivity contribution is 7.11. The highest BCUT2D eigenvalue weighted by Gasteiger charge is 2.22. The third-order valence-corrected chi connectivity index (χ3v) is 4.69. The second-order valence-corrected chi connectivity index (χ2v) is 7.03. The second-order valence-electron chi connectivity index (χ2n) is 5.92. The number of hydrogen-bond acceptors (Lipinski definition) is 4. The van der Waals surface area contributed by atoms with Gasteiger partial charge in [0, 0.05) is 29.6 Å². The molecule has 0 radical (unpaired) electrons. The van der Waals surface area contributed by atoms with E-state index in [1.165, 1.54) is 9.88 Å². The topological polar surface area (TPSA) is 45.1 Å². The normalized spacial score (nSPS) is 13.0. The Morgan fingerprint density at radius 2 is 1.89 bits per heavy atom. The van der Waals surface area contributed by atoms with Crippen molar-refractivity contribution < 1.29 is 5.11 Å². The molecule has 1 aromatic heterocycles. The molecule has 0 fully saturated rings. The minimum atomic E-state index is -0.572. The van der Waals surface area contributed by atoms with E-state index >= 15 is 0 Å². The number of nitrogens with zero attached hydrogens (tertiary/aromatic N) is 1. The van der Waals surface area contributed by atoms with Crippen LogP contribution in [0.1, 0.15) is 57.3 Å². The van der Waals surface area contributed by atoms with Gasteiger partial charge in [-0.3, -0.25) is 0 Å². The molecule has 0 aliphatic rings. The molecule has 0 spiro atoms. The van der Waals surface area contributed by atoms with Crippen LogP contribution in [0.3, 0.4) is 0 Å². The van der Waals surface area contributed by atoms with E-state index in [2.05, 4.69) is 31.1 Å². The van der Waals surface area contributed by atoms with Gasteiger partial charge in [0.2, 0.25) is 0 Å². The molecule has 1 heterocycles. The lowest BCUT2D eigenvalue weighted by atomic mass is 9.98. The highest BCUT2D eigenvalue weighted by Crippen LogP contribution is 2.26. The Labute approximate surface area is 115 Å². The molecule has 0 atom stereocenters. The first kappa shape index (κ1) is 15.6.